The fourth-order valence-corrected chi connectivity index (χ4v) is 11.1. The lowest BCUT2D eigenvalue weighted by atomic mass is 9.77. The summed E-state index contributed by atoms with van der Waals surface area (Å²) in [6, 6.07) is 30.4. The van der Waals surface area contributed by atoms with Crippen LogP contribution < -0.4 is 26.0 Å². The van der Waals surface area contributed by atoms with E-state index in [0.29, 0.717) is 93.1 Å². The molecule has 4 aromatic carbocycles. The molecule has 16 heteroatoms. The third kappa shape index (κ3) is 15.0. The molecule has 3 saturated heterocycles. The molecule has 3 aliphatic heterocycles. The number of anilines is 3. The van der Waals surface area contributed by atoms with E-state index >= 15 is 0 Å². The Bertz CT molecular complexity index is 2340. The predicted molar refractivity (Wildman–Crippen MR) is 276 cm³/mol. The van der Waals surface area contributed by atoms with Crippen molar-refractivity contribution >= 4 is 87.4 Å². The lowest BCUT2D eigenvalue weighted by Crippen LogP contribution is -2.54. The molecule has 0 aromatic heterocycles. The zero-order valence-electron chi connectivity index (χ0n) is 39.4. The van der Waals surface area contributed by atoms with E-state index in [1.54, 1.807) is 84.9 Å². The van der Waals surface area contributed by atoms with Crippen molar-refractivity contribution in [1.82, 2.24) is 15.1 Å². The van der Waals surface area contributed by atoms with E-state index in [9.17, 15) is 28.8 Å². The van der Waals surface area contributed by atoms with Gasteiger partial charge in [-0.15, -0.1) is 0 Å². The number of amides is 5. The highest BCUT2D eigenvalue weighted by molar-refractivity contribution is 6.31. The average molecular weight is 1010 g/mol. The van der Waals surface area contributed by atoms with Crippen LogP contribution in [-0.2, 0) is 14.4 Å². The Morgan fingerprint density at radius 1 is 0.500 bits per heavy atom. The highest BCUT2D eigenvalue weighted by atomic mass is 35.5. The minimum atomic E-state index is -0.543. The molecule has 6 fully saturated rings. The van der Waals surface area contributed by atoms with E-state index in [1.165, 1.54) is 19.3 Å². The highest BCUT2D eigenvalue weighted by Crippen LogP contribution is 2.35. The van der Waals surface area contributed by atoms with Crippen LogP contribution in [0.2, 0.25) is 15.1 Å². The first kappa shape index (κ1) is 52.4. The van der Waals surface area contributed by atoms with Gasteiger partial charge in [-0.1, -0.05) is 110 Å². The second-order valence-electron chi connectivity index (χ2n) is 18.6. The van der Waals surface area contributed by atoms with Gasteiger partial charge in [-0.2, -0.15) is 0 Å². The Hall–Kier alpha value is -5.47. The first-order chi connectivity index (χ1) is 33.9. The van der Waals surface area contributed by atoms with Crippen molar-refractivity contribution in [2.75, 3.05) is 35.6 Å². The zero-order valence-corrected chi connectivity index (χ0v) is 41.7. The maximum atomic E-state index is 12.5. The molecule has 2 unspecified atom stereocenters. The van der Waals surface area contributed by atoms with Crippen LogP contribution in [0.1, 0.15) is 96.3 Å². The van der Waals surface area contributed by atoms with Gasteiger partial charge in [0.1, 0.15) is 23.1 Å². The van der Waals surface area contributed by atoms with Crippen LogP contribution in [0.25, 0.3) is 0 Å². The van der Waals surface area contributed by atoms with Gasteiger partial charge in [-0.05, 0) is 105 Å². The molecule has 0 bridgehead atoms. The molecule has 5 amide bonds. The number of nitrogens with zero attached hydrogens (tertiary/aromatic N) is 2. The summed E-state index contributed by atoms with van der Waals surface area (Å²) in [5, 5.41) is 13.5. The summed E-state index contributed by atoms with van der Waals surface area (Å²) < 4.78 is 5.07. The number of hydrogen-bond donors (Lipinski definition) is 4. The number of hydrogen-bond acceptors (Lipinski definition) is 8. The third-order valence-corrected chi connectivity index (χ3v) is 14.6. The second kappa shape index (κ2) is 26.1. The first-order valence-corrected chi connectivity index (χ1v) is 25.8. The fourth-order valence-electron chi connectivity index (χ4n) is 10.5. The van der Waals surface area contributed by atoms with Gasteiger partial charge in [0.25, 0.3) is 0 Å². The number of rotatable bonds is 4. The third-order valence-electron chi connectivity index (χ3n) is 13.9. The van der Waals surface area contributed by atoms with Gasteiger partial charge in [0.15, 0.2) is 0 Å². The van der Waals surface area contributed by atoms with Gasteiger partial charge in [0.2, 0.25) is 0 Å². The van der Waals surface area contributed by atoms with Gasteiger partial charge in [0, 0.05) is 107 Å². The minimum Gasteiger partial charge on any atom is -0.410 e. The van der Waals surface area contributed by atoms with Crippen LogP contribution in [0.4, 0.5) is 31.4 Å². The van der Waals surface area contributed by atoms with Gasteiger partial charge in [-0.3, -0.25) is 19.7 Å². The molecule has 6 atom stereocenters. The standard InChI is InChI=1S/2C16H19ClN2O2.C13H10ClNO2.C9H15NO/c2*17-11-4-3-5-12(10-11)18-16(21)19-9-8-15(20)13-6-1-2-7-14(13)19;14-10-5-4-6-11(9-10)15-13(16)17-12-7-2-1-3-8-12;11-9-5-6-10-8-4-2-1-3-7(8)9/h2*3-5,10,13-14H,1-2,6-9H2,(H,18,21);1-9H,(H,15,16);7-8,10H,1-6H2/t13-,14+;13-,14-;;/m00../s1. The van der Waals surface area contributed by atoms with E-state index in [4.69, 9.17) is 39.5 Å². The van der Waals surface area contributed by atoms with Crippen molar-refractivity contribution in [2.24, 2.45) is 17.8 Å². The SMILES string of the molecule is O=C(Nc1cccc(Cl)c1)Oc1ccccc1.O=C1CCN(C(=O)Nc2cccc(Cl)c2)[C@@H]2CCCC[C@H]12.O=C1CCN(C(=O)Nc2cccc(Cl)c2)[C@H]2CCCC[C@H]12.O=C1CCNC2CCCCC12. The molecule has 3 heterocycles. The van der Waals surface area contributed by atoms with Crippen LogP contribution in [0.5, 0.6) is 5.75 Å². The van der Waals surface area contributed by atoms with Gasteiger partial charge in [0.05, 0.1) is 0 Å². The van der Waals surface area contributed by atoms with E-state index in [-0.39, 0.29) is 36.0 Å². The number of urea groups is 2. The zero-order chi connectivity index (χ0) is 49.4. The first-order valence-electron chi connectivity index (χ1n) is 24.7. The fraction of sp³-hybridized carbons (Fsp3) is 0.444. The monoisotopic (exact) mass is 1010 g/mol. The Labute approximate surface area is 425 Å². The molecule has 3 saturated carbocycles. The smallest absolute Gasteiger partial charge is 0.410 e. The molecule has 4 aromatic rings. The highest BCUT2D eigenvalue weighted by Gasteiger charge is 2.42. The molecule has 6 aliphatic rings. The van der Waals surface area contributed by atoms with E-state index in [1.807, 2.05) is 28.0 Å². The van der Waals surface area contributed by atoms with Crippen LogP contribution in [-0.4, -0.2) is 83.1 Å². The second-order valence-corrected chi connectivity index (χ2v) is 19.9. The van der Waals surface area contributed by atoms with Crippen LogP contribution in [0.15, 0.2) is 103 Å². The number of piperidine rings is 3. The Morgan fingerprint density at radius 2 is 0.929 bits per heavy atom. The molecule has 4 N–H and O–H groups in total. The molecule has 372 valence electrons. The van der Waals surface area contributed by atoms with E-state index in [0.717, 1.165) is 70.8 Å². The normalized spacial score (nSPS) is 23.6. The van der Waals surface area contributed by atoms with Gasteiger partial charge >= 0.3 is 18.2 Å². The molecule has 3 aliphatic carbocycles. The molecule has 0 spiro atoms. The number of carbonyl (C=O) groups is 6. The maximum absolute atomic E-state index is 12.5. The molecule has 13 nitrogen and oxygen atoms in total. The number of ketones is 3. The number of ether oxygens (including phenoxy) is 1. The number of nitrogens with one attached hydrogen (secondary N) is 4. The summed E-state index contributed by atoms with van der Waals surface area (Å²) in [4.78, 5) is 75.6. The number of likely N-dealkylation sites (tertiary alicyclic amines) is 2. The van der Waals surface area contributed by atoms with Crippen LogP contribution >= 0.6 is 34.8 Å². The summed E-state index contributed by atoms with van der Waals surface area (Å²) >= 11 is 17.7. The molecular weight excluding hydrogens is 951 g/mol. The van der Waals surface area contributed by atoms with Crippen molar-refractivity contribution in [3.63, 3.8) is 0 Å². The largest absolute Gasteiger partial charge is 0.417 e. The number of Topliss-reactive ketones (excluding diaryl/α,β-unsaturated/α-hetero) is 3. The molecular formula is C54H63Cl3N6O7. The van der Waals surface area contributed by atoms with E-state index < -0.39 is 6.09 Å². The number of fused-ring (bicyclic) bond motifs is 3. The Kier molecular flexibility index (Phi) is 19.5. The number of carbonyl (C=O) groups excluding carboxylic acids is 6. The van der Waals surface area contributed by atoms with Crippen molar-refractivity contribution in [2.45, 2.75) is 114 Å². The lowest BCUT2D eigenvalue weighted by molar-refractivity contribution is -0.129. The molecule has 0 radical (unpaired) electrons. The van der Waals surface area contributed by atoms with Crippen molar-refractivity contribution in [1.29, 1.82) is 0 Å². The number of para-hydroxylation sites is 1. The molecule has 10 rings (SSSR count). The Morgan fingerprint density at radius 3 is 1.40 bits per heavy atom. The summed E-state index contributed by atoms with van der Waals surface area (Å²) in [6.07, 6.45) is 14.2. The van der Waals surface area contributed by atoms with Gasteiger partial charge in [-0.25, -0.2) is 14.4 Å². The minimum absolute atomic E-state index is 0.0395. The number of halogens is 3. The van der Waals surface area contributed by atoms with Crippen molar-refractivity contribution in [3.8, 4) is 5.75 Å². The number of benzene rings is 4. The van der Waals surface area contributed by atoms with Crippen molar-refractivity contribution < 1.29 is 33.5 Å². The quantitative estimate of drug-likeness (QED) is 0.157. The van der Waals surface area contributed by atoms with Crippen molar-refractivity contribution in [3.05, 3.63) is 118 Å². The van der Waals surface area contributed by atoms with Crippen LogP contribution in [0, 0.1) is 17.8 Å². The summed E-state index contributed by atoms with van der Waals surface area (Å²) in [5.41, 5.74) is 1.98. The summed E-state index contributed by atoms with van der Waals surface area (Å²) in [6.45, 7) is 1.96. The predicted octanol–water partition coefficient (Wildman–Crippen LogP) is 12.5. The van der Waals surface area contributed by atoms with Crippen LogP contribution in [0.3, 0.4) is 0 Å². The summed E-state index contributed by atoms with van der Waals surface area (Å²) in [7, 11) is 0. The molecule has 70 heavy (non-hydrogen) atoms. The lowest BCUT2D eigenvalue weighted by Gasteiger charge is -2.42. The topological polar surface area (TPSA) is 166 Å². The summed E-state index contributed by atoms with van der Waals surface area (Å²) in [5.74, 6) is 2.10. The Balaban J connectivity index is 0.000000141. The average Bonchev–Trinajstić information content (AvgIpc) is 3.35. The van der Waals surface area contributed by atoms with Gasteiger partial charge < -0.3 is 30.5 Å². The van der Waals surface area contributed by atoms with E-state index in [2.05, 4.69) is 21.3 Å². The maximum Gasteiger partial charge on any atom is 0.417 e.